The Bertz CT molecular complexity index is 626. The van der Waals surface area contributed by atoms with Gasteiger partial charge in [-0.05, 0) is 32.7 Å². The summed E-state index contributed by atoms with van der Waals surface area (Å²) in [5.41, 5.74) is 2.49. The molecule has 1 aromatic heterocycles. The highest BCUT2D eigenvalue weighted by Crippen LogP contribution is 2.30. The Morgan fingerprint density at radius 1 is 1.12 bits per heavy atom. The maximum atomic E-state index is 12.9. The lowest BCUT2D eigenvalue weighted by atomic mass is 9.87. The highest BCUT2D eigenvalue weighted by atomic mass is 16.2. The van der Waals surface area contributed by atoms with Crippen LogP contribution in [0.3, 0.4) is 0 Å². The molecular weight excluding hydrogens is 312 g/mol. The number of likely N-dealkylation sites (tertiary alicyclic amines) is 1. The van der Waals surface area contributed by atoms with Crippen LogP contribution in [0.2, 0.25) is 0 Å². The van der Waals surface area contributed by atoms with Gasteiger partial charge in [-0.3, -0.25) is 4.79 Å². The standard InChI is InChI=1S/C20H30N4O/c1-23-11-9-18-17(13-23)12-21-19(22-18)16-8-5-10-24(14-16)20(25)15-6-3-2-4-7-15/h12,15-16H,2-11,13-14H2,1H3/t16-/m1/s1. The van der Waals surface area contributed by atoms with E-state index >= 15 is 0 Å². The number of carbonyl (C=O) groups excluding carboxylic acids is 1. The minimum absolute atomic E-state index is 0.271. The fourth-order valence-corrected chi connectivity index (χ4v) is 4.67. The second-order valence-corrected chi connectivity index (χ2v) is 8.15. The molecule has 5 nitrogen and oxygen atoms in total. The van der Waals surface area contributed by atoms with Gasteiger partial charge in [0.1, 0.15) is 5.82 Å². The summed E-state index contributed by atoms with van der Waals surface area (Å²) < 4.78 is 0. The van der Waals surface area contributed by atoms with Gasteiger partial charge in [0.15, 0.2) is 0 Å². The number of hydrogen-bond donors (Lipinski definition) is 0. The van der Waals surface area contributed by atoms with Crippen LogP contribution in [0.15, 0.2) is 6.20 Å². The summed E-state index contributed by atoms with van der Waals surface area (Å²) in [6.45, 7) is 3.75. The number of carbonyl (C=O) groups is 1. The van der Waals surface area contributed by atoms with Crippen LogP contribution in [0, 0.1) is 5.92 Å². The zero-order chi connectivity index (χ0) is 17.2. The van der Waals surface area contributed by atoms with E-state index in [4.69, 9.17) is 4.98 Å². The van der Waals surface area contributed by atoms with Crippen molar-refractivity contribution in [1.82, 2.24) is 19.8 Å². The lowest BCUT2D eigenvalue weighted by Gasteiger charge is -2.35. The Hall–Kier alpha value is -1.49. The van der Waals surface area contributed by atoms with Crippen molar-refractivity contribution in [2.75, 3.05) is 26.7 Å². The third-order valence-corrected chi connectivity index (χ3v) is 6.20. The average molecular weight is 342 g/mol. The Balaban J connectivity index is 1.45. The van der Waals surface area contributed by atoms with E-state index in [9.17, 15) is 4.79 Å². The van der Waals surface area contributed by atoms with E-state index in [0.717, 1.165) is 64.1 Å². The lowest BCUT2D eigenvalue weighted by molar-refractivity contribution is -0.137. The van der Waals surface area contributed by atoms with Crippen molar-refractivity contribution in [2.45, 2.75) is 63.8 Å². The second-order valence-electron chi connectivity index (χ2n) is 8.15. The van der Waals surface area contributed by atoms with Gasteiger partial charge in [0.05, 0.1) is 0 Å². The quantitative estimate of drug-likeness (QED) is 0.829. The number of hydrogen-bond acceptors (Lipinski definition) is 4. The number of likely N-dealkylation sites (N-methyl/N-ethyl adjacent to an activating group) is 1. The molecule has 136 valence electrons. The van der Waals surface area contributed by atoms with Gasteiger partial charge in [-0.2, -0.15) is 0 Å². The van der Waals surface area contributed by atoms with Crippen molar-refractivity contribution in [3.63, 3.8) is 0 Å². The van der Waals surface area contributed by atoms with Crippen LogP contribution in [-0.4, -0.2) is 52.4 Å². The van der Waals surface area contributed by atoms with E-state index in [-0.39, 0.29) is 5.92 Å². The number of nitrogens with zero attached hydrogens (tertiary/aromatic N) is 4. The fraction of sp³-hybridized carbons (Fsp3) is 0.750. The summed E-state index contributed by atoms with van der Waals surface area (Å²) in [5, 5.41) is 0. The first-order valence-corrected chi connectivity index (χ1v) is 10.0. The monoisotopic (exact) mass is 342 g/mol. The van der Waals surface area contributed by atoms with E-state index in [1.165, 1.54) is 30.5 Å². The highest BCUT2D eigenvalue weighted by molar-refractivity contribution is 5.79. The third-order valence-electron chi connectivity index (χ3n) is 6.20. The highest BCUT2D eigenvalue weighted by Gasteiger charge is 2.31. The maximum Gasteiger partial charge on any atom is 0.225 e. The molecule has 0 unspecified atom stereocenters. The first kappa shape index (κ1) is 17.0. The zero-order valence-corrected chi connectivity index (χ0v) is 15.4. The van der Waals surface area contributed by atoms with Crippen LogP contribution < -0.4 is 0 Å². The average Bonchev–Trinajstić information content (AvgIpc) is 2.68. The van der Waals surface area contributed by atoms with Gasteiger partial charge in [0, 0.05) is 61.9 Å². The van der Waals surface area contributed by atoms with Gasteiger partial charge >= 0.3 is 0 Å². The molecule has 1 saturated carbocycles. The van der Waals surface area contributed by atoms with Crippen LogP contribution in [0.25, 0.3) is 0 Å². The smallest absolute Gasteiger partial charge is 0.225 e. The van der Waals surface area contributed by atoms with Crippen molar-refractivity contribution >= 4 is 5.91 Å². The summed E-state index contributed by atoms with van der Waals surface area (Å²) in [4.78, 5) is 26.9. The van der Waals surface area contributed by atoms with Crippen molar-refractivity contribution < 1.29 is 4.79 Å². The van der Waals surface area contributed by atoms with E-state index in [2.05, 4.69) is 21.8 Å². The number of aromatic nitrogens is 2. The summed E-state index contributed by atoms with van der Waals surface area (Å²) in [6.07, 6.45) is 11.1. The normalized spacial score (nSPS) is 25.6. The Labute approximate surface area is 150 Å². The molecule has 2 fully saturated rings. The molecule has 1 aliphatic carbocycles. The molecule has 1 saturated heterocycles. The molecular formula is C20H30N4O. The van der Waals surface area contributed by atoms with E-state index in [1.54, 1.807) is 0 Å². The Morgan fingerprint density at radius 2 is 1.96 bits per heavy atom. The van der Waals surface area contributed by atoms with Gasteiger partial charge in [0.25, 0.3) is 0 Å². The van der Waals surface area contributed by atoms with E-state index < -0.39 is 0 Å². The molecule has 0 radical (unpaired) electrons. The number of piperidine rings is 1. The fourth-order valence-electron chi connectivity index (χ4n) is 4.67. The summed E-state index contributed by atoms with van der Waals surface area (Å²) in [5.74, 6) is 1.94. The number of amides is 1. The van der Waals surface area contributed by atoms with Crippen molar-refractivity contribution in [3.8, 4) is 0 Å². The summed E-state index contributed by atoms with van der Waals surface area (Å²) in [7, 11) is 2.15. The molecule has 3 aliphatic rings. The lowest BCUT2D eigenvalue weighted by Crippen LogP contribution is -2.43. The molecule has 1 aromatic rings. The molecule has 2 aliphatic heterocycles. The predicted octanol–water partition coefficient (Wildman–Crippen LogP) is 2.75. The SMILES string of the molecule is CN1CCc2nc([C@@H]3CCCN(C(=O)C4CCCCC4)C3)ncc2C1. The van der Waals surface area contributed by atoms with Crippen LogP contribution in [-0.2, 0) is 17.8 Å². The zero-order valence-electron chi connectivity index (χ0n) is 15.4. The minimum atomic E-state index is 0.271. The predicted molar refractivity (Wildman–Crippen MR) is 97.2 cm³/mol. The van der Waals surface area contributed by atoms with Crippen molar-refractivity contribution in [3.05, 3.63) is 23.3 Å². The second kappa shape index (κ2) is 7.40. The van der Waals surface area contributed by atoms with Gasteiger partial charge in [-0.15, -0.1) is 0 Å². The van der Waals surface area contributed by atoms with E-state index in [0.29, 0.717) is 11.8 Å². The molecule has 1 atom stereocenters. The van der Waals surface area contributed by atoms with E-state index in [1.807, 2.05) is 6.20 Å². The van der Waals surface area contributed by atoms with Crippen LogP contribution in [0.4, 0.5) is 0 Å². The first-order chi connectivity index (χ1) is 12.2. The molecule has 0 N–H and O–H groups in total. The molecule has 5 heteroatoms. The third kappa shape index (κ3) is 3.71. The van der Waals surface area contributed by atoms with Gasteiger partial charge in [-0.25, -0.2) is 9.97 Å². The molecule has 4 rings (SSSR count). The van der Waals surface area contributed by atoms with Gasteiger partial charge in [-0.1, -0.05) is 19.3 Å². The Morgan fingerprint density at radius 3 is 2.80 bits per heavy atom. The molecule has 3 heterocycles. The topological polar surface area (TPSA) is 49.3 Å². The van der Waals surface area contributed by atoms with Crippen molar-refractivity contribution in [2.24, 2.45) is 5.92 Å². The summed E-state index contributed by atoms with van der Waals surface area (Å²) in [6, 6.07) is 0. The molecule has 1 amide bonds. The molecule has 0 spiro atoms. The van der Waals surface area contributed by atoms with Gasteiger partial charge in [0.2, 0.25) is 5.91 Å². The molecule has 0 bridgehead atoms. The van der Waals surface area contributed by atoms with Crippen molar-refractivity contribution in [1.29, 1.82) is 0 Å². The first-order valence-electron chi connectivity index (χ1n) is 10.0. The molecule has 0 aromatic carbocycles. The molecule has 25 heavy (non-hydrogen) atoms. The number of fused-ring (bicyclic) bond motifs is 1. The summed E-state index contributed by atoms with van der Waals surface area (Å²) >= 11 is 0. The number of rotatable bonds is 2. The van der Waals surface area contributed by atoms with Crippen LogP contribution in [0.1, 0.15) is 67.9 Å². The van der Waals surface area contributed by atoms with Crippen LogP contribution >= 0.6 is 0 Å². The largest absolute Gasteiger partial charge is 0.342 e. The maximum absolute atomic E-state index is 12.9. The minimum Gasteiger partial charge on any atom is -0.342 e. The van der Waals surface area contributed by atoms with Gasteiger partial charge < -0.3 is 9.80 Å². The Kier molecular flexibility index (Phi) is 5.02. The van der Waals surface area contributed by atoms with Crippen LogP contribution in [0.5, 0.6) is 0 Å².